The third-order valence-corrected chi connectivity index (χ3v) is 7.76. The Bertz CT molecular complexity index is 1590. The fourth-order valence-electron chi connectivity index (χ4n) is 4.94. The number of hydrogen-bond acceptors (Lipinski definition) is 7. The Morgan fingerprint density at radius 3 is 2.46 bits per heavy atom. The van der Waals surface area contributed by atoms with Gasteiger partial charge >= 0.3 is 0 Å². The van der Waals surface area contributed by atoms with E-state index in [1.807, 2.05) is 29.2 Å². The number of rotatable bonds is 7. The summed E-state index contributed by atoms with van der Waals surface area (Å²) >= 11 is 0. The predicted octanol–water partition coefficient (Wildman–Crippen LogP) is 2.77. The quantitative estimate of drug-likeness (QED) is 0.418. The topological polar surface area (TPSA) is 120 Å². The first kappa shape index (κ1) is 22.1. The van der Waals surface area contributed by atoms with Gasteiger partial charge in [-0.3, -0.25) is 4.79 Å². The number of amides is 1. The lowest BCUT2D eigenvalue weighted by Crippen LogP contribution is -2.36. The molecule has 12 heteroatoms. The van der Waals surface area contributed by atoms with Crippen LogP contribution in [0, 0.1) is 6.92 Å². The van der Waals surface area contributed by atoms with Crippen molar-refractivity contribution < 1.29 is 13.2 Å². The zero-order chi connectivity index (χ0) is 24.6. The van der Waals surface area contributed by atoms with Gasteiger partial charge in [0, 0.05) is 37.1 Å². The van der Waals surface area contributed by atoms with Crippen LogP contribution >= 0.6 is 0 Å². The zero-order valence-electron chi connectivity index (χ0n) is 20.2. The van der Waals surface area contributed by atoms with E-state index in [0.29, 0.717) is 52.8 Å². The lowest BCUT2D eigenvalue weighted by atomic mass is 10.2. The Morgan fingerprint density at radius 1 is 1.20 bits per heavy atom. The Labute approximate surface area is 202 Å². The molecule has 2 saturated carbocycles. The number of imidazole rings is 1. The summed E-state index contributed by atoms with van der Waals surface area (Å²) in [6, 6.07) is 4.31. The van der Waals surface area contributed by atoms with Crippen LogP contribution in [0.3, 0.4) is 0 Å². The first-order valence-corrected chi connectivity index (χ1v) is 13.7. The Balaban J connectivity index is 1.50. The van der Waals surface area contributed by atoms with Crippen LogP contribution in [0.2, 0.25) is 0 Å². The van der Waals surface area contributed by atoms with Crippen LogP contribution in [-0.2, 0) is 23.6 Å². The van der Waals surface area contributed by atoms with E-state index in [2.05, 4.69) is 20.3 Å². The van der Waals surface area contributed by atoms with E-state index in [-0.39, 0.29) is 5.91 Å². The maximum absolute atomic E-state index is 13.7. The molecule has 0 aliphatic heterocycles. The van der Waals surface area contributed by atoms with Crippen LogP contribution in [0.4, 0.5) is 11.6 Å². The van der Waals surface area contributed by atoms with Crippen LogP contribution in [0.1, 0.15) is 48.8 Å². The minimum atomic E-state index is -3.53. The summed E-state index contributed by atoms with van der Waals surface area (Å²) < 4.78 is 28.9. The summed E-state index contributed by atoms with van der Waals surface area (Å²) in [5.41, 5.74) is 3.28. The summed E-state index contributed by atoms with van der Waals surface area (Å²) in [4.78, 5) is 25.2. The molecule has 0 bridgehead atoms. The van der Waals surface area contributed by atoms with Crippen molar-refractivity contribution in [2.24, 2.45) is 7.05 Å². The highest BCUT2D eigenvalue weighted by molar-refractivity contribution is 7.89. The first-order valence-electron chi connectivity index (χ1n) is 11.9. The molecule has 4 heterocycles. The van der Waals surface area contributed by atoms with E-state index in [1.54, 1.807) is 19.3 Å². The third-order valence-electron chi connectivity index (χ3n) is 6.76. The van der Waals surface area contributed by atoms with Crippen LogP contribution in [0.5, 0.6) is 0 Å². The summed E-state index contributed by atoms with van der Waals surface area (Å²) in [5, 5.41) is 8.22. The first-order chi connectivity index (χ1) is 16.7. The summed E-state index contributed by atoms with van der Waals surface area (Å²) in [5.74, 6) is 0.882. The maximum atomic E-state index is 13.7. The van der Waals surface area contributed by atoms with Crippen LogP contribution in [-0.4, -0.2) is 65.9 Å². The number of nitrogens with zero attached hydrogens (tertiary/aromatic N) is 7. The second kappa shape index (κ2) is 7.54. The molecule has 0 unspecified atom stereocenters. The Kier molecular flexibility index (Phi) is 4.76. The predicted molar refractivity (Wildman–Crippen MR) is 132 cm³/mol. The van der Waals surface area contributed by atoms with Crippen molar-refractivity contribution in [2.45, 2.75) is 58.2 Å². The Hall–Kier alpha value is -3.41. The average Bonchev–Trinajstić information content (AvgIpc) is 3.70. The van der Waals surface area contributed by atoms with E-state index in [1.165, 1.54) is 0 Å². The van der Waals surface area contributed by atoms with E-state index < -0.39 is 10.0 Å². The summed E-state index contributed by atoms with van der Waals surface area (Å²) in [6.07, 6.45) is 7.12. The molecule has 1 N–H and O–H groups in total. The number of anilines is 2. The summed E-state index contributed by atoms with van der Waals surface area (Å²) in [7, 11) is -1.62. The number of carbonyl (C=O) groups is 1. The molecule has 0 saturated heterocycles. The molecule has 0 spiro atoms. The monoisotopic (exact) mass is 496 g/mol. The molecule has 4 aromatic heterocycles. The fourth-order valence-corrected chi connectivity index (χ4v) is 5.75. The highest BCUT2D eigenvalue weighted by Crippen LogP contribution is 2.39. The molecule has 11 nitrogen and oxygen atoms in total. The second-order valence-corrected chi connectivity index (χ2v) is 11.4. The number of pyridine rings is 1. The zero-order valence-corrected chi connectivity index (χ0v) is 21.0. The van der Waals surface area contributed by atoms with Gasteiger partial charge in [-0.25, -0.2) is 18.4 Å². The number of aryl methyl sites for hydroxylation is 3. The smallest absolute Gasteiger partial charge is 0.271 e. The number of fused-ring (bicyclic) bond motifs is 3. The van der Waals surface area contributed by atoms with Gasteiger partial charge in [0.05, 0.1) is 23.8 Å². The van der Waals surface area contributed by atoms with Crippen molar-refractivity contribution in [3.05, 3.63) is 29.8 Å². The SMILES string of the molecule is CCn1c(C(=O)N(C2CC2)C2CC2)cc2c3c(ncn3C)c(Nc3cc(C)n(S(C)(=O)=O)n3)nc21. The Morgan fingerprint density at radius 2 is 1.89 bits per heavy atom. The van der Waals surface area contributed by atoms with Crippen LogP contribution in [0.25, 0.3) is 22.1 Å². The van der Waals surface area contributed by atoms with Crippen molar-refractivity contribution in [1.82, 2.24) is 33.2 Å². The number of carbonyl (C=O) groups excluding carboxylic acids is 1. The maximum Gasteiger partial charge on any atom is 0.271 e. The molecule has 6 rings (SSSR count). The van der Waals surface area contributed by atoms with Gasteiger partial charge in [-0.05, 0) is 45.6 Å². The number of aromatic nitrogens is 6. The van der Waals surface area contributed by atoms with Crippen LogP contribution < -0.4 is 5.32 Å². The lowest BCUT2D eigenvalue weighted by molar-refractivity contribution is 0.0719. The van der Waals surface area contributed by atoms with Crippen molar-refractivity contribution in [1.29, 1.82) is 0 Å². The molecule has 1 amide bonds. The normalized spacial score (nSPS) is 16.3. The molecule has 2 fully saturated rings. The lowest BCUT2D eigenvalue weighted by Gasteiger charge is -2.22. The van der Waals surface area contributed by atoms with Gasteiger partial charge in [-0.15, -0.1) is 5.10 Å². The van der Waals surface area contributed by atoms with E-state index in [4.69, 9.17) is 4.98 Å². The highest BCUT2D eigenvalue weighted by Gasteiger charge is 2.43. The van der Waals surface area contributed by atoms with Crippen molar-refractivity contribution in [3.8, 4) is 0 Å². The van der Waals surface area contributed by atoms with Gasteiger partial charge in [0.1, 0.15) is 16.9 Å². The number of nitrogens with one attached hydrogen (secondary N) is 1. The standard InChI is InChI=1S/C23H28N8O3S/c1-5-29-17(23(32)30(14-6-7-14)15-8-9-15)11-16-20-19(24-12-28(20)3)21(26-22(16)29)25-18-10-13(2)31(27-18)35(4,33)34/h10-12,14-15H,5-9H2,1-4H3,(H,25,26,27). The molecule has 0 radical (unpaired) electrons. The molecule has 2 aliphatic rings. The third kappa shape index (κ3) is 3.58. The van der Waals surface area contributed by atoms with E-state index in [0.717, 1.165) is 46.9 Å². The molecule has 184 valence electrons. The van der Waals surface area contributed by atoms with E-state index >= 15 is 0 Å². The molecule has 0 aromatic carbocycles. The van der Waals surface area contributed by atoms with Crippen molar-refractivity contribution >= 4 is 49.6 Å². The van der Waals surface area contributed by atoms with Crippen LogP contribution in [0.15, 0.2) is 18.5 Å². The van der Waals surface area contributed by atoms with Gasteiger partial charge in [-0.2, -0.15) is 4.09 Å². The van der Waals surface area contributed by atoms with Gasteiger partial charge < -0.3 is 19.4 Å². The summed E-state index contributed by atoms with van der Waals surface area (Å²) in [6.45, 7) is 4.28. The molecular formula is C23H28N8O3S. The number of hydrogen-bond donors (Lipinski definition) is 1. The second-order valence-electron chi connectivity index (χ2n) is 9.60. The molecule has 2 aliphatic carbocycles. The van der Waals surface area contributed by atoms with Crippen molar-refractivity contribution in [3.63, 3.8) is 0 Å². The average molecular weight is 497 g/mol. The van der Waals surface area contributed by atoms with Crippen molar-refractivity contribution in [2.75, 3.05) is 11.6 Å². The molecule has 4 aromatic rings. The van der Waals surface area contributed by atoms with E-state index in [9.17, 15) is 13.2 Å². The van der Waals surface area contributed by atoms with Gasteiger partial charge in [0.2, 0.25) is 0 Å². The highest BCUT2D eigenvalue weighted by atomic mass is 32.2. The molecule has 35 heavy (non-hydrogen) atoms. The minimum absolute atomic E-state index is 0.0715. The van der Waals surface area contributed by atoms with Gasteiger partial charge in [0.25, 0.3) is 15.9 Å². The minimum Gasteiger partial charge on any atom is -0.333 e. The van der Waals surface area contributed by atoms with Gasteiger partial charge in [0.15, 0.2) is 11.6 Å². The van der Waals surface area contributed by atoms with Gasteiger partial charge in [-0.1, -0.05) is 0 Å². The molecular weight excluding hydrogens is 468 g/mol. The largest absolute Gasteiger partial charge is 0.333 e. The fraction of sp³-hybridized carbons (Fsp3) is 0.478. The molecule has 0 atom stereocenters.